The van der Waals surface area contributed by atoms with Gasteiger partial charge in [0, 0.05) is 0 Å². The molecule has 0 bridgehead atoms. The first-order valence-corrected chi connectivity index (χ1v) is 7.12. The maximum Gasteiger partial charge on any atom is 0.328 e. The molecule has 0 saturated carbocycles. The highest BCUT2D eigenvalue weighted by molar-refractivity contribution is 7.90. The summed E-state index contributed by atoms with van der Waals surface area (Å²) in [4.78, 5) is 11.3. The van der Waals surface area contributed by atoms with Crippen molar-refractivity contribution in [2.75, 3.05) is 0 Å². The molecule has 1 aromatic carbocycles. The van der Waals surface area contributed by atoms with Gasteiger partial charge in [-0.3, -0.25) is 0 Å². The molecule has 0 aliphatic rings. The Morgan fingerprint density at radius 1 is 1.28 bits per heavy atom. The van der Waals surface area contributed by atoms with Gasteiger partial charge >= 0.3 is 6.03 Å². The zero-order chi connectivity index (χ0) is 13.9. The molecule has 100 valence electrons. The van der Waals surface area contributed by atoms with Crippen molar-refractivity contribution in [3.63, 3.8) is 0 Å². The van der Waals surface area contributed by atoms with Crippen molar-refractivity contribution in [1.82, 2.24) is 4.31 Å². The number of primary amides is 1. The molecule has 0 atom stereocenters. The first kappa shape index (κ1) is 14.5. The van der Waals surface area contributed by atoms with Gasteiger partial charge in [-0.15, -0.1) is 0 Å². The van der Waals surface area contributed by atoms with E-state index in [2.05, 4.69) is 0 Å². The molecule has 6 heteroatoms. The fourth-order valence-corrected chi connectivity index (χ4v) is 2.50. The van der Waals surface area contributed by atoms with Crippen molar-refractivity contribution in [2.45, 2.75) is 32.6 Å². The lowest BCUT2D eigenvalue weighted by Gasteiger charge is -2.22. The fourth-order valence-electron chi connectivity index (χ4n) is 1.41. The highest BCUT2D eigenvalue weighted by atomic mass is 32.2. The molecule has 18 heavy (non-hydrogen) atoms. The minimum atomic E-state index is -3.69. The third-order valence-electron chi connectivity index (χ3n) is 2.60. The zero-order valence-corrected chi connectivity index (χ0v) is 11.6. The molecule has 0 fully saturated rings. The summed E-state index contributed by atoms with van der Waals surface area (Å²) < 4.78 is 24.6. The van der Waals surface area contributed by atoms with Gasteiger partial charge in [-0.25, -0.2) is 17.5 Å². The Hall–Kier alpha value is -1.56. The number of carbonyl (C=O) groups excluding carboxylic acids is 1. The van der Waals surface area contributed by atoms with E-state index in [9.17, 15) is 13.2 Å². The van der Waals surface area contributed by atoms with Crippen LogP contribution in [0.4, 0.5) is 4.79 Å². The van der Waals surface area contributed by atoms with Crippen molar-refractivity contribution >= 4 is 16.1 Å². The fraction of sp³-hybridized carbons (Fsp3) is 0.417. The van der Waals surface area contributed by atoms with Crippen LogP contribution in [-0.2, 0) is 16.6 Å². The van der Waals surface area contributed by atoms with E-state index in [1.807, 2.05) is 19.1 Å². The van der Waals surface area contributed by atoms with E-state index in [1.165, 1.54) is 13.8 Å². The third kappa shape index (κ3) is 3.22. The summed E-state index contributed by atoms with van der Waals surface area (Å²) in [5, 5.41) is -0.685. The molecular formula is C12H18N2O3S. The number of sulfonamides is 1. The molecule has 0 radical (unpaired) electrons. The number of hydrogen-bond donors (Lipinski definition) is 1. The molecule has 0 aliphatic heterocycles. The lowest BCUT2D eigenvalue weighted by atomic mass is 10.1. The molecule has 5 nitrogen and oxygen atoms in total. The largest absolute Gasteiger partial charge is 0.351 e. The number of carbonyl (C=O) groups is 1. The lowest BCUT2D eigenvalue weighted by molar-refractivity contribution is 0.230. The van der Waals surface area contributed by atoms with Crippen LogP contribution in [0.5, 0.6) is 0 Å². The maximum atomic E-state index is 12.0. The van der Waals surface area contributed by atoms with Crippen LogP contribution in [0.3, 0.4) is 0 Å². The van der Waals surface area contributed by atoms with Gasteiger partial charge in [0.1, 0.15) is 0 Å². The number of urea groups is 1. The molecule has 0 unspecified atom stereocenters. The van der Waals surface area contributed by atoms with E-state index >= 15 is 0 Å². The predicted molar refractivity (Wildman–Crippen MR) is 70.4 cm³/mol. The van der Waals surface area contributed by atoms with Gasteiger partial charge < -0.3 is 5.73 Å². The summed E-state index contributed by atoms with van der Waals surface area (Å²) in [5.41, 5.74) is 6.94. The highest BCUT2D eigenvalue weighted by Crippen LogP contribution is 2.14. The van der Waals surface area contributed by atoms with Crippen LogP contribution in [0, 0.1) is 6.92 Å². The van der Waals surface area contributed by atoms with Gasteiger partial charge in [0.25, 0.3) is 0 Å². The lowest BCUT2D eigenvalue weighted by Crippen LogP contribution is -2.43. The van der Waals surface area contributed by atoms with Crippen molar-refractivity contribution < 1.29 is 13.2 Å². The monoisotopic (exact) mass is 270 g/mol. The van der Waals surface area contributed by atoms with Crippen LogP contribution in [0.1, 0.15) is 25.0 Å². The molecule has 0 spiro atoms. The van der Waals surface area contributed by atoms with E-state index in [1.54, 1.807) is 12.1 Å². The Balaban J connectivity index is 3.02. The predicted octanol–water partition coefficient (Wildman–Crippen LogP) is 1.61. The van der Waals surface area contributed by atoms with Gasteiger partial charge in [-0.2, -0.15) is 0 Å². The molecule has 0 aromatic heterocycles. The normalized spacial score (nSPS) is 11.6. The summed E-state index contributed by atoms with van der Waals surface area (Å²) in [5.74, 6) is 0. The van der Waals surface area contributed by atoms with Gasteiger partial charge in [-0.1, -0.05) is 29.8 Å². The number of hydrogen-bond acceptors (Lipinski definition) is 3. The smallest absolute Gasteiger partial charge is 0.328 e. The number of rotatable bonds is 4. The average molecular weight is 270 g/mol. The molecule has 2 amide bonds. The Kier molecular flexibility index (Phi) is 4.34. The molecule has 2 N–H and O–H groups in total. The van der Waals surface area contributed by atoms with Crippen molar-refractivity contribution in [2.24, 2.45) is 5.73 Å². The minimum Gasteiger partial charge on any atom is -0.351 e. The standard InChI is InChI=1S/C12H18N2O3S/c1-9(2)18(16,17)14(12(13)15)8-11-6-4-10(3)5-7-11/h4-7,9H,8H2,1-3H3,(H2,13,15). The maximum absolute atomic E-state index is 12.0. The number of nitrogens with two attached hydrogens (primary N) is 1. The molecule has 1 aromatic rings. The highest BCUT2D eigenvalue weighted by Gasteiger charge is 2.28. The Bertz CT molecular complexity index is 521. The minimum absolute atomic E-state index is 0.0316. The molecule has 1 rings (SSSR count). The Morgan fingerprint density at radius 2 is 1.78 bits per heavy atom. The van der Waals surface area contributed by atoms with Gasteiger partial charge in [0.15, 0.2) is 0 Å². The van der Waals surface area contributed by atoms with Gasteiger partial charge in [0.2, 0.25) is 10.0 Å². The SMILES string of the molecule is Cc1ccc(CN(C(N)=O)S(=O)(=O)C(C)C)cc1. The van der Waals surface area contributed by atoms with Crippen LogP contribution in [-0.4, -0.2) is 24.0 Å². The molecule has 0 saturated heterocycles. The molecule has 0 aliphatic carbocycles. The Morgan fingerprint density at radius 3 is 2.17 bits per heavy atom. The van der Waals surface area contributed by atoms with Crippen molar-refractivity contribution in [1.29, 1.82) is 0 Å². The quantitative estimate of drug-likeness (QED) is 0.902. The summed E-state index contributed by atoms with van der Waals surface area (Å²) in [6, 6.07) is 6.32. The second-order valence-electron chi connectivity index (χ2n) is 4.42. The van der Waals surface area contributed by atoms with E-state index in [0.717, 1.165) is 11.1 Å². The second kappa shape index (κ2) is 5.39. The van der Waals surface area contributed by atoms with Crippen LogP contribution < -0.4 is 5.73 Å². The summed E-state index contributed by atoms with van der Waals surface area (Å²) in [7, 11) is -3.69. The first-order chi connectivity index (χ1) is 8.25. The summed E-state index contributed by atoms with van der Waals surface area (Å²) >= 11 is 0. The van der Waals surface area contributed by atoms with E-state index < -0.39 is 21.3 Å². The zero-order valence-electron chi connectivity index (χ0n) is 10.8. The Labute approximate surface area is 108 Å². The van der Waals surface area contributed by atoms with Crippen LogP contribution in [0.25, 0.3) is 0 Å². The first-order valence-electron chi connectivity index (χ1n) is 5.61. The van der Waals surface area contributed by atoms with Crippen LogP contribution >= 0.6 is 0 Å². The number of benzene rings is 1. The van der Waals surface area contributed by atoms with Crippen LogP contribution in [0.2, 0.25) is 0 Å². The second-order valence-corrected chi connectivity index (χ2v) is 6.84. The van der Waals surface area contributed by atoms with E-state index in [0.29, 0.717) is 4.31 Å². The number of aryl methyl sites for hydroxylation is 1. The molecular weight excluding hydrogens is 252 g/mol. The van der Waals surface area contributed by atoms with Gasteiger partial charge in [-0.05, 0) is 26.3 Å². The van der Waals surface area contributed by atoms with E-state index in [-0.39, 0.29) is 6.54 Å². The number of amides is 2. The van der Waals surface area contributed by atoms with Gasteiger partial charge in [0.05, 0.1) is 11.8 Å². The van der Waals surface area contributed by atoms with Crippen molar-refractivity contribution in [3.8, 4) is 0 Å². The topological polar surface area (TPSA) is 80.5 Å². The van der Waals surface area contributed by atoms with Crippen molar-refractivity contribution in [3.05, 3.63) is 35.4 Å². The van der Waals surface area contributed by atoms with Crippen LogP contribution in [0.15, 0.2) is 24.3 Å². The average Bonchev–Trinajstić information content (AvgIpc) is 2.27. The summed E-state index contributed by atoms with van der Waals surface area (Å²) in [6.07, 6.45) is 0. The third-order valence-corrected chi connectivity index (χ3v) is 4.71. The summed E-state index contributed by atoms with van der Waals surface area (Å²) in [6.45, 7) is 4.93. The number of nitrogens with zero attached hydrogens (tertiary/aromatic N) is 1. The van der Waals surface area contributed by atoms with E-state index in [4.69, 9.17) is 5.73 Å². The molecule has 0 heterocycles.